The van der Waals surface area contributed by atoms with Crippen LogP contribution in [0, 0.1) is 5.41 Å². The second-order valence-corrected chi connectivity index (χ2v) is 4.58. The molecule has 0 aromatic carbocycles. The zero-order chi connectivity index (χ0) is 10.3. The van der Waals surface area contributed by atoms with Gasteiger partial charge < -0.3 is 9.84 Å². The molecule has 0 aliphatic heterocycles. The van der Waals surface area contributed by atoms with Gasteiger partial charge in [0, 0.05) is 19.8 Å². The fraction of sp³-hybridized carbons (Fsp3) is 1.00. The van der Waals surface area contributed by atoms with Gasteiger partial charge in [-0.3, -0.25) is 0 Å². The molecule has 0 spiro atoms. The summed E-state index contributed by atoms with van der Waals surface area (Å²) in [6, 6.07) is 0. The van der Waals surface area contributed by atoms with E-state index in [2.05, 4.69) is 6.92 Å². The van der Waals surface area contributed by atoms with E-state index >= 15 is 0 Å². The van der Waals surface area contributed by atoms with Gasteiger partial charge in [-0.2, -0.15) is 0 Å². The van der Waals surface area contributed by atoms with Crippen LogP contribution >= 0.6 is 0 Å². The molecular formula is C12H24O2. The molecule has 0 atom stereocenters. The predicted octanol–water partition coefficient (Wildman–Crippen LogP) is 2.75. The van der Waals surface area contributed by atoms with Crippen molar-refractivity contribution in [3.8, 4) is 0 Å². The molecule has 0 amide bonds. The van der Waals surface area contributed by atoms with E-state index in [1.54, 1.807) is 0 Å². The first-order valence-corrected chi connectivity index (χ1v) is 6.01. The Bertz CT molecular complexity index is 139. The van der Waals surface area contributed by atoms with Crippen LogP contribution in [0.15, 0.2) is 0 Å². The van der Waals surface area contributed by atoms with Gasteiger partial charge in [-0.05, 0) is 31.1 Å². The molecule has 0 aromatic rings. The topological polar surface area (TPSA) is 29.5 Å². The van der Waals surface area contributed by atoms with Crippen molar-refractivity contribution in [1.29, 1.82) is 0 Å². The maximum absolute atomic E-state index is 9.36. The van der Waals surface area contributed by atoms with Gasteiger partial charge in [0.2, 0.25) is 0 Å². The molecule has 1 aliphatic rings. The number of aliphatic hydroxyl groups is 1. The Labute approximate surface area is 87.7 Å². The third-order valence-corrected chi connectivity index (χ3v) is 3.42. The van der Waals surface area contributed by atoms with Crippen LogP contribution in [0.25, 0.3) is 0 Å². The van der Waals surface area contributed by atoms with Crippen molar-refractivity contribution in [2.45, 2.75) is 51.9 Å². The fourth-order valence-electron chi connectivity index (χ4n) is 2.25. The first-order valence-electron chi connectivity index (χ1n) is 6.01. The summed E-state index contributed by atoms with van der Waals surface area (Å²) in [5.41, 5.74) is 0.214. The number of aliphatic hydroxyl groups excluding tert-OH is 1. The summed E-state index contributed by atoms with van der Waals surface area (Å²) in [5, 5.41) is 9.36. The van der Waals surface area contributed by atoms with Crippen molar-refractivity contribution in [3.63, 3.8) is 0 Å². The average molecular weight is 200 g/mol. The number of hydrogen-bond acceptors (Lipinski definition) is 2. The molecule has 14 heavy (non-hydrogen) atoms. The molecule has 1 aliphatic carbocycles. The van der Waals surface area contributed by atoms with Gasteiger partial charge in [0.15, 0.2) is 0 Å². The highest BCUT2D eigenvalue weighted by molar-refractivity contribution is 4.83. The van der Waals surface area contributed by atoms with Crippen LogP contribution in [-0.2, 0) is 4.74 Å². The summed E-state index contributed by atoms with van der Waals surface area (Å²) in [6.45, 7) is 4.25. The third kappa shape index (κ3) is 3.58. The van der Waals surface area contributed by atoms with E-state index in [1.165, 1.54) is 32.1 Å². The Morgan fingerprint density at radius 2 is 1.93 bits per heavy atom. The fourth-order valence-corrected chi connectivity index (χ4v) is 2.25. The Morgan fingerprint density at radius 3 is 2.50 bits per heavy atom. The smallest absolute Gasteiger partial charge is 0.0488 e. The molecular weight excluding hydrogens is 176 g/mol. The van der Waals surface area contributed by atoms with E-state index in [0.717, 1.165) is 26.1 Å². The summed E-state index contributed by atoms with van der Waals surface area (Å²) in [4.78, 5) is 0. The number of unbranched alkanes of at least 4 members (excludes halogenated alkanes) is 1. The highest BCUT2D eigenvalue weighted by atomic mass is 16.5. The van der Waals surface area contributed by atoms with Gasteiger partial charge in [0.25, 0.3) is 0 Å². The molecule has 1 rings (SSSR count). The van der Waals surface area contributed by atoms with Crippen molar-refractivity contribution in [2.75, 3.05) is 19.8 Å². The monoisotopic (exact) mass is 200 g/mol. The minimum Gasteiger partial charge on any atom is -0.396 e. The maximum atomic E-state index is 9.36. The van der Waals surface area contributed by atoms with Crippen LogP contribution in [0.1, 0.15) is 51.9 Å². The lowest BCUT2D eigenvalue weighted by molar-refractivity contribution is 0.0591. The van der Waals surface area contributed by atoms with Crippen LogP contribution in [0.3, 0.4) is 0 Å². The highest BCUT2D eigenvalue weighted by Gasteiger charge is 2.32. The summed E-state index contributed by atoms with van der Waals surface area (Å²) in [5.74, 6) is 0. The second-order valence-electron chi connectivity index (χ2n) is 4.58. The van der Waals surface area contributed by atoms with Gasteiger partial charge in [0.1, 0.15) is 0 Å². The van der Waals surface area contributed by atoms with Crippen LogP contribution in [0.2, 0.25) is 0 Å². The van der Waals surface area contributed by atoms with Gasteiger partial charge in [-0.1, -0.05) is 26.2 Å². The lowest BCUT2D eigenvalue weighted by Crippen LogP contribution is -2.23. The number of hydrogen-bond donors (Lipinski definition) is 1. The van der Waals surface area contributed by atoms with Crippen molar-refractivity contribution >= 4 is 0 Å². The van der Waals surface area contributed by atoms with Crippen molar-refractivity contribution < 1.29 is 9.84 Å². The van der Waals surface area contributed by atoms with Gasteiger partial charge >= 0.3 is 0 Å². The minimum atomic E-state index is 0.214. The zero-order valence-corrected chi connectivity index (χ0v) is 9.43. The van der Waals surface area contributed by atoms with E-state index in [-0.39, 0.29) is 5.41 Å². The first kappa shape index (κ1) is 12.0. The lowest BCUT2D eigenvalue weighted by atomic mass is 9.84. The SMILES string of the molecule is CCCCOCCC1(CO)CCCC1. The van der Waals surface area contributed by atoms with Crippen LogP contribution in [-0.4, -0.2) is 24.9 Å². The van der Waals surface area contributed by atoms with Gasteiger partial charge in [0.05, 0.1) is 0 Å². The standard InChI is InChI=1S/C12H24O2/c1-2-3-9-14-10-8-12(11-13)6-4-5-7-12/h13H,2-11H2,1H3. The Balaban J connectivity index is 2.08. The highest BCUT2D eigenvalue weighted by Crippen LogP contribution is 2.40. The van der Waals surface area contributed by atoms with E-state index in [9.17, 15) is 5.11 Å². The zero-order valence-electron chi connectivity index (χ0n) is 9.43. The molecule has 0 saturated heterocycles. The van der Waals surface area contributed by atoms with E-state index in [4.69, 9.17) is 4.74 Å². The molecule has 1 saturated carbocycles. The Morgan fingerprint density at radius 1 is 1.21 bits per heavy atom. The molecule has 0 aromatic heterocycles. The molecule has 1 fully saturated rings. The molecule has 84 valence electrons. The van der Waals surface area contributed by atoms with E-state index in [0.29, 0.717) is 6.61 Å². The normalized spacial score (nSPS) is 20.1. The Kier molecular flexibility index (Phi) is 5.49. The molecule has 1 N–H and O–H groups in total. The molecule has 0 unspecified atom stereocenters. The lowest BCUT2D eigenvalue weighted by Gasteiger charge is -2.26. The number of rotatable bonds is 7. The van der Waals surface area contributed by atoms with Crippen LogP contribution in [0.4, 0.5) is 0 Å². The summed E-state index contributed by atoms with van der Waals surface area (Å²) >= 11 is 0. The minimum absolute atomic E-state index is 0.214. The molecule has 0 heterocycles. The van der Waals surface area contributed by atoms with Crippen molar-refractivity contribution in [3.05, 3.63) is 0 Å². The third-order valence-electron chi connectivity index (χ3n) is 3.42. The largest absolute Gasteiger partial charge is 0.396 e. The van der Waals surface area contributed by atoms with E-state index in [1.807, 2.05) is 0 Å². The summed E-state index contributed by atoms with van der Waals surface area (Å²) in [7, 11) is 0. The Hall–Kier alpha value is -0.0800. The van der Waals surface area contributed by atoms with E-state index < -0.39 is 0 Å². The van der Waals surface area contributed by atoms with Gasteiger partial charge in [-0.25, -0.2) is 0 Å². The second kappa shape index (κ2) is 6.41. The molecule has 0 bridgehead atoms. The maximum Gasteiger partial charge on any atom is 0.0488 e. The van der Waals surface area contributed by atoms with Crippen molar-refractivity contribution in [2.24, 2.45) is 5.41 Å². The van der Waals surface area contributed by atoms with Crippen molar-refractivity contribution in [1.82, 2.24) is 0 Å². The summed E-state index contributed by atoms with van der Waals surface area (Å²) < 4.78 is 5.55. The average Bonchev–Trinajstić information content (AvgIpc) is 2.67. The van der Waals surface area contributed by atoms with Crippen LogP contribution < -0.4 is 0 Å². The first-order chi connectivity index (χ1) is 6.83. The predicted molar refractivity (Wildman–Crippen MR) is 58.3 cm³/mol. The molecule has 2 heteroatoms. The molecule has 0 radical (unpaired) electrons. The van der Waals surface area contributed by atoms with Gasteiger partial charge in [-0.15, -0.1) is 0 Å². The summed E-state index contributed by atoms with van der Waals surface area (Å²) in [6.07, 6.45) is 8.37. The molecule has 2 nitrogen and oxygen atoms in total. The quantitative estimate of drug-likeness (QED) is 0.640. The van der Waals surface area contributed by atoms with Crippen LogP contribution in [0.5, 0.6) is 0 Å². The number of ether oxygens (including phenoxy) is 1.